The normalized spacial score (nSPS) is 17.4. The van der Waals surface area contributed by atoms with E-state index in [1.165, 1.54) is 0 Å². The lowest BCUT2D eigenvalue weighted by Crippen LogP contribution is -2.35. The summed E-state index contributed by atoms with van der Waals surface area (Å²) in [6, 6.07) is 1.89. The van der Waals surface area contributed by atoms with Gasteiger partial charge in [0.1, 0.15) is 0 Å². The fraction of sp³-hybridized carbons (Fsp3) is 0.615. The third-order valence-corrected chi connectivity index (χ3v) is 3.42. The Morgan fingerprint density at radius 2 is 2.24 bits per heavy atom. The molecular weight excluding hydrogens is 216 g/mol. The van der Waals surface area contributed by atoms with Crippen LogP contribution in [0.4, 0.5) is 5.69 Å². The molecule has 0 bridgehead atoms. The van der Waals surface area contributed by atoms with Crippen LogP contribution in [0.5, 0.6) is 0 Å². The van der Waals surface area contributed by atoms with Crippen molar-refractivity contribution in [2.75, 3.05) is 31.7 Å². The highest BCUT2D eigenvalue weighted by molar-refractivity contribution is 5.51. The standard InChI is InChI=1S/C13H20N2O2/c1-17-10-11-3-6-15(7-4-11)13-8-14-5-2-12(13)9-16/h2,5,8,11,16H,3-4,6-7,9-10H2,1H3. The largest absolute Gasteiger partial charge is 0.392 e. The van der Waals surface area contributed by atoms with Crippen molar-refractivity contribution in [2.24, 2.45) is 5.92 Å². The molecular formula is C13H20N2O2. The second-order valence-electron chi connectivity index (χ2n) is 4.55. The minimum absolute atomic E-state index is 0.0792. The Hall–Kier alpha value is -1.13. The van der Waals surface area contributed by atoms with Gasteiger partial charge < -0.3 is 14.7 Å². The first-order valence-corrected chi connectivity index (χ1v) is 6.12. The number of methoxy groups -OCH3 is 1. The van der Waals surface area contributed by atoms with Crippen LogP contribution in [0.25, 0.3) is 0 Å². The summed E-state index contributed by atoms with van der Waals surface area (Å²) in [4.78, 5) is 6.46. The van der Waals surface area contributed by atoms with Gasteiger partial charge in [-0.05, 0) is 24.8 Å². The SMILES string of the molecule is COCC1CCN(c2cnccc2CO)CC1. The van der Waals surface area contributed by atoms with Crippen molar-refractivity contribution in [1.82, 2.24) is 4.98 Å². The van der Waals surface area contributed by atoms with Crippen LogP contribution in [0.15, 0.2) is 18.5 Å². The Morgan fingerprint density at radius 1 is 1.47 bits per heavy atom. The van der Waals surface area contributed by atoms with Gasteiger partial charge in [0.25, 0.3) is 0 Å². The van der Waals surface area contributed by atoms with E-state index in [0.717, 1.165) is 43.8 Å². The monoisotopic (exact) mass is 236 g/mol. The molecule has 1 saturated heterocycles. The number of rotatable bonds is 4. The molecule has 0 aliphatic carbocycles. The van der Waals surface area contributed by atoms with Gasteiger partial charge in [0, 0.05) is 38.6 Å². The number of aliphatic hydroxyl groups excluding tert-OH is 1. The molecule has 1 aliphatic heterocycles. The molecule has 17 heavy (non-hydrogen) atoms. The van der Waals surface area contributed by atoms with Crippen molar-refractivity contribution >= 4 is 5.69 Å². The van der Waals surface area contributed by atoms with E-state index in [-0.39, 0.29) is 6.61 Å². The zero-order valence-corrected chi connectivity index (χ0v) is 10.3. The number of hydrogen-bond donors (Lipinski definition) is 1. The van der Waals surface area contributed by atoms with Crippen molar-refractivity contribution in [1.29, 1.82) is 0 Å². The molecule has 94 valence electrons. The summed E-state index contributed by atoms with van der Waals surface area (Å²) < 4.78 is 5.20. The minimum Gasteiger partial charge on any atom is -0.392 e. The third-order valence-electron chi connectivity index (χ3n) is 3.42. The predicted octanol–water partition coefficient (Wildman–Crippen LogP) is 1.44. The summed E-state index contributed by atoms with van der Waals surface area (Å²) in [7, 11) is 1.76. The first-order chi connectivity index (χ1) is 8.35. The van der Waals surface area contributed by atoms with E-state index in [2.05, 4.69) is 9.88 Å². The lowest BCUT2D eigenvalue weighted by molar-refractivity contribution is 0.139. The number of piperidine rings is 1. The maximum Gasteiger partial charge on any atom is 0.0703 e. The highest BCUT2D eigenvalue weighted by Gasteiger charge is 2.20. The number of ether oxygens (including phenoxy) is 1. The predicted molar refractivity (Wildman–Crippen MR) is 67.0 cm³/mol. The van der Waals surface area contributed by atoms with Crippen LogP contribution in [0.3, 0.4) is 0 Å². The molecule has 0 radical (unpaired) electrons. The Bertz CT molecular complexity index is 349. The Morgan fingerprint density at radius 3 is 2.88 bits per heavy atom. The maximum atomic E-state index is 9.31. The number of hydrogen-bond acceptors (Lipinski definition) is 4. The van der Waals surface area contributed by atoms with Crippen molar-refractivity contribution < 1.29 is 9.84 Å². The van der Waals surface area contributed by atoms with Gasteiger partial charge in [-0.25, -0.2) is 0 Å². The van der Waals surface area contributed by atoms with Gasteiger partial charge in [-0.15, -0.1) is 0 Å². The molecule has 0 atom stereocenters. The topological polar surface area (TPSA) is 45.6 Å². The maximum absolute atomic E-state index is 9.31. The Labute approximate surface area is 102 Å². The summed E-state index contributed by atoms with van der Waals surface area (Å²) in [6.07, 6.45) is 5.87. The van der Waals surface area contributed by atoms with Gasteiger partial charge >= 0.3 is 0 Å². The first-order valence-electron chi connectivity index (χ1n) is 6.12. The van der Waals surface area contributed by atoms with Crippen molar-refractivity contribution in [3.05, 3.63) is 24.0 Å². The van der Waals surface area contributed by atoms with Gasteiger partial charge in [0.05, 0.1) is 18.5 Å². The highest BCUT2D eigenvalue weighted by atomic mass is 16.5. The quantitative estimate of drug-likeness (QED) is 0.859. The molecule has 0 saturated carbocycles. The molecule has 0 aromatic carbocycles. The highest BCUT2D eigenvalue weighted by Crippen LogP contribution is 2.25. The van der Waals surface area contributed by atoms with E-state index >= 15 is 0 Å². The summed E-state index contributed by atoms with van der Waals surface area (Å²) in [6.45, 7) is 2.98. The van der Waals surface area contributed by atoms with E-state index < -0.39 is 0 Å². The summed E-state index contributed by atoms with van der Waals surface area (Å²) in [5.41, 5.74) is 2.04. The Kier molecular flexibility index (Phi) is 4.34. The van der Waals surface area contributed by atoms with Crippen molar-refractivity contribution in [3.8, 4) is 0 Å². The van der Waals surface area contributed by atoms with Crippen LogP contribution in [-0.4, -0.2) is 36.9 Å². The van der Waals surface area contributed by atoms with Crippen LogP contribution in [0.2, 0.25) is 0 Å². The molecule has 1 aromatic rings. The zero-order valence-electron chi connectivity index (χ0n) is 10.3. The second kappa shape index (κ2) is 5.98. The molecule has 1 N–H and O–H groups in total. The number of pyridine rings is 1. The molecule has 1 aliphatic rings. The molecule has 0 amide bonds. The van der Waals surface area contributed by atoms with Crippen LogP contribution in [0.1, 0.15) is 18.4 Å². The minimum atomic E-state index is 0.0792. The average Bonchev–Trinajstić information content (AvgIpc) is 2.40. The van der Waals surface area contributed by atoms with Crippen LogP contribution in [0, 0.1) is 5.92 Å². The first kappa shape index (κ1) is 12.3. The number of nitrogens with zero attached hydrogens (tertiary/aromatic N) is 2. The molecule has 0 spiro atoms. The average molecular weight is 236 g/mol. The number of aromatic nitrogens is 1. The molecule has 1 fully saturated rings. The number of anilines is 1. The van der Waals surface area contributed by atoms with Gasteiger partial charge in [0.15, 0.2) is 0 Å². The van der Waals surface area contributed by atoms with Gasteiger partial charge in [-0.3, -0.25) is 4.98 Å². The van der Waals surface area contributed by atoms with Crippen LogP contribution >= 0.6 is 0 Å². The fourth-order valence-electron chi connectivity index (χ4n) is 2.41. The van der Waals surface area contributed by atoms with Crippen molar-refractivity contribution in [2.45, 2.75) is 19.4 Å². The van der Waals surface area contributed by atoms with Gasteiger partial charge in [0.2, 0.25) is 0 Å². The third kappa shape index (κ3) is 2.96. The van der Waals surface area contributed by atoms with E-state index in [1.807, 2.05) is 12.3 Å². The molecule has 2 heterocycles. The molecule has 0 unspecified atom stereocenters. The smallest absolute Gasteiger partial charge is 0.0703 e. The number of aliphatic hydroxyl groups is 1. The summed E-state index contributed by atoms with van der Waals surface area (Å²) >= 11 is 0. The van der Waals surface area contributed by atoms with E-state index in [0.29, 0.717) is 5.92 Å². The van der Waals surface area contributed by atoms with E-state index in [4.69, 9.17) is 4.74 Å². The lowest BCUT2D eigenvalue weighted by atomic mass is 9.97. The summed E-state index contributed by atoms with van der Waals surface area (Å²) in [5, 5.41) is 9.31. The summed E-state index contributed by atoms with van der Waals surface area (Å²) in [5.74, 6) is 0.672. The molecule has 4 nitrogen and oxygen atoms in total. The zero-order chi connectivity index (χ0) is 12.1. The fourth-order valence-corrected chi connectivity index (χ4v) is 2.41. The molecule has 4 heteroatoms. The van der Waals surface area contributed by atoms with E-state index in [1.54, 1.807) is 13.3 Å². The van der Waals surface area contributed by atoms with E-state index in [9.17, 15) is 5.11 Å². The molecule has 1 aromatic heterocycles. The lowest BCUT2D eigenvalue weighted by Gasteiger charge is -2.34. The second-order valence-corrected chi connectivity index (χ2v) is 4.55. The molecule has 2 rings (SSSR count). The van der Waals surface area contributed by atoms with Gasteiger partial charge in [-0.1, -0.05) is 0 Å². The van der Waals surface area contributed by atoms with Gasteiger partial charge in [-0.2, -0.15) is 0 Å². The van der Waals surface area contributed by atoms with Crippen LogP contribution in [-0.2, 0) is 11.3 Å². The Balaban J connectivity index is 2.00. The van der Waals surface area contributed by atoms with Crippen LogP contribution < -0.4 is 4.90 Å². The van der Waals surface area contributed by atoms with Crippen molar-refractivity contribution in [3.63, 3.8) is 0 Å².